The molecule has 0 radical (unpaired) electrons. The molecule has 2 rings (SSSR count). The van der Waals surface area contributed by atoms with Gasteiger partial charge in [0.15, 0.2) is 0 Å². The smallest absolute Gasteiger partial charge is 0.119 e. The van der Waals surface area contributed by atoms with Crippen LogP contribution in [0.5, 0.6) is 5.75 Å². The van der Waals surface area contributed by atoms with Gasteiger partial charge < -0.3 is 9.47 Å². The van der Waals surface area contributed by atoms with Crippen LogP contribution in [0.15, 0.2) is 59.5 Å². The van der Waals surface area contributed by atoms with E-state index in [9.17, 15) is 0 Å². The molecule has 2 nitrogen and oxygen atoms in total. The molecule has 0 bridgehead atoms. The van der Waals surface area contributed by atoms with Crippen molar-refractivity contribution in [3.63, 3.8) is 0 Å². The predicted octanol–water partition coefficient (Wildman–Crippen LogP) is 5.00. The Balaban J connectivity index is 1.80. The molecule has 1 atom stereocenters. The second-order valence-corrected chi connectivity index (χ2v) is 6.61. The number of benzene rings is 2. The Labute approximate surface area is 137 Å². The highest BCUT2D eigenvalue weighted by Crippen LogP contribution is 2.21. The average Bonchev–Trinajstić information content (AvgIpc) is 2.56. The average molecular weight is 316 g/mol. The molecular formula is C19H24O2S. The summed E-state index contributed by atoms with van der Waals surface area (Å²) in [5.41, 5.74) is 1.33. The Morgan fingerprint density at radius 3 is 2.23 bits per heavy atom. The van der Waals surface area contributed by atoms with Gasteiger partial charge in [0, 0.05) is 17.8 Å². The lowest BCUT2D eigenvalue weighted by molar-refractivity contribution is 0.0750. The van der Waals surface area contributed by atoms with E-state index < -0.39 is 0 Å². The Morgan fingerprint density at radius 1 is 0.955 bits per heavy atom. The highest BCUT2D eigenvalue weighted by Gasteiger charge is 2.09. The first-order valence-electron chi connectivity index (χ1n) is 7.62. The first kappa shape index (κ1) is 16.9. The van der Waals surface area contributed by atoms with Crippen LogP contribution in [0.3, 0.4) is 0 Å². The molecule has 0 aliphatic heterocycles. The fourth-order valence-corrected chi connectivity index (χ4v) is 2.99. The molecule has 3 heteroatoms. The summed E-state index contributed by atoms with van der Waals surface area (Å²) in [6.07, 6.45) is 0.0787. The van der Waals surface area contributed by atoms with Gasteiger partial charge in [-0.1, -0.05) is 44.2 Å². The van der Waals surface area contributed by atoms with Crippen molar-refractivity contribution in [1.82, 2.24) is 0 Å². The van der Waals surface area contributed by atoms with E-state index in [0.29, 0.717) is 12.5 Å². The molecule has 22 heavy (non-hydrogen) atoms. The molecule has 0 N–H and O–H groups in total. The number of thioether (sulfide) groups is 1. The minimum atomic E-state index is 0.0787. The third kappa shape index (κ3) is 5.39. The SMILES string of the molecule is COC(COc1ccc(C(C)C)cc1)CSc1ccccc1. The van der Waals surface area contributed by atoms with Crippen molar-refractivity contribution < 1.29 is 9.47 Å². The van der Waals surface area contributed by atoms with Crippen LogP contribution in [-0.2, 0) is 4.74 Å². The normalized spacial score (nSPS) is 12.4. The zero-order chi connectivity index (χ0) is 15.8. The van der Waals surface area contributed by atoms with Gasteiger partial charge in [-0.2, -0.15) is 0 Å². The molecule has 0 saturated heterocycles. The van der Waals surface area contributed by atoms with Gasteiger partial charge in [0.25, 0.3) is 0 Å². The van der Waals surface area contributed by atoms with E-state index in [-0.39, 0.29) is 6.10 Å². The van der Waals surface area contributed by atoms with E-state index in [1.165, 1.54) is 10.5 Å². The molecule has 0 amide bonds. The predicted molar refractivity (Wildman–Crippen MR) is 94.0 cm³/mol. The highest BCUT2D eigenvalue weighted by atomic mass is 32.2. The molecule has 0 fully saturated rings. The van der Waals surface area contributed by atoms with E-state index in [0.717, 1.165) is 11.5 Å². The molecular weight excluding hydrogens is 292 g/mol. The Kier molecular flexibility index (Phi) is 6.81. The molecule has 2 aromatic rings. The number of methoxy groups -OCH3 is 1. The van der Waals surface area contributed by atoms with Crippen LogP contribution in [0.1, 0.15) is 25.3 Å². The maximum absolute atomic E-state index is 5.84. The fourth-order valence-electron chi connectivity index (χ4n) is 2.03. The summed E-state index contributed by atoms with van der Waals surface area (Å²) >= 11 is 1.79. The van der Waals surface area contributed by atoms with Crippen molar-refractivity contribution in [2.45, 2.75) is 30.8 Å². The van der Waals surface area contributed by atoms with E-state index in [1.54, 1.807) is 18.9 Å². The minimum Gasteiger partial charge on any atom is -0.491 e. The number of hydrogen-bond donors (Lipinski definition) is 0. The lowest BCUT2D eigenvalue weighted by Gasteiger charge is -2.16. The minimum absolute atomic E-state index is 0.0787. The van der Waals surface area contributed by atoms with Crippen LogP contribution in [0.4, 0.5) is 0 Å². The quantitative estimate of drug-likeness (QED) is 0.639. The van der Waals surface area contributed by atoms with Gasteiger partial charge in [-0.05, 0) is 35.7 Å². The van der Waals surface area contributed by atoms with Crippen LogP contribution in [0.25, 0.3) is 0 Å². The third-order valence-electron chi connectivity index (χ3n) is 3.50. The summed E-state index contributed by atoms with van der Waals surface area (Å²) in [5, 5.41) is 0. The van der Waals surface area contributed by atoms with Crippen molar-refractivity contribution in [3.8, 4) is 5.75 Å². The summed E-state index contributed by atoms with van der Waals surface area (Å²) in [7, 11) is 1.74. The van der Waals surface area contributed by atoms with Crippen LogP contribution < -0.4 is 4.74 Å². The van der Waals surface area contributed by atoms with Crippen molar-refractivity contribution >= 4 is 11.8 Å². The Hall–Kier alpha value is -1.45. The molecule has 0 aliphatic carbocycles. The summed E-state index contributed by atoms with van der Waals surface area (Å²) in [6, 6.07) is 18.7. The number of ether oxygens (including phenoxy) is 2. The fraction of sp³-hybridized carbons (Fsp3) is 0.368. The van der Waals surface area contributed by atoms with E-state index in [4.69, 9.17) is 9.47 Å². The van der Waals surface area contributed by atoms with Crippen molar-refractivity contribution in [3.05, 3.63) is 60.2 Å². The molecule has 0 aromatic heterocycles. The van der Waals surface area contributed by atoms with Gasteiger partial charge in [0.1, 0.15) is 18.5 Å². The lowest BCUT2D eigenvalue weighted by atomic mass is 10.0. The third-order valence-corrected chi connectivity index (χ3v) is 4.64. The summed E-state index contributed by atoms with van der Waals surface area (Å²) in [6.45, 7) is 4.95. The Morgan fingerprint density at radius 2 is 1.64 bits per heavy atom. The first-order chi connectivity index (χ1) is 10.7. The summed E-state index contributed by atoms with van der Waals surface area (Å²) < 4.78 is 11.4. The van der Waals surface area contributed by atoms with Crippen molar-refractivity contribution in [1.29, 1.82) is 0 Å². The molecule has 0 heterocycles. The monoisotopic (exact) mass is 316 g/mol. The van der Waals surface area contributed by atoms with Crippen LogP contribution >= 0.6 is 11.8 Å². The lowest BCUT2D eigenvalue weighted by Crippen LogP contribution is -2.22. The summed E-state index contributed by atoms with van der Waals surface area (Å²) in [4.78, 5) is 1.26. The molecule has 0 aliphatic rings. The van der Waals surface area contributed by atoms with Crippen LogP contribution in [-0.4, -0.2) is 25.6 Å². The summed E-state index contributed by atoms with van der Waals surface area (Å²) in [5.74, 6) is 2.32. The standard InChI is InChI=1S/C19H24O2S/c1-15(2)16-9-11-17(12-10-16)21-13-18(20-3)14-22-19-7-5-4-6-8-19/h4-12,15,18H,13-14H2,1-3H3. The molecule has 2 aromatic carbocycles. The second kappa shape index (κ2) is 8.86. The Bertz CT molecular complexity index is 537. The van der Waals surface area contributed by atoms with Gasteiger partial charge in [0.05, 0.1) is 0 Å². The zero-order valence-electron chi connectivity index (χ0n) is 13.5. The maximum atomic E-state index is 5.84. The van der Waals surface area contributed by atoms with Crippen molar-refractivity contribution in [2.24, 2.45) is 0 Å². The maximum Gasteiger partial charge on any atom is 0.119 e. The second-order valence-electron chi connectivity index (χ2n) is 5.52. The van der Waals surface area contributed by atoms with Gasteiger partial charge in [-0.3, -0.25) is 0 Å². The first-order valence-corrected chi connectivity index (χ1v) is 8.61. The number of rotatable bonds is 8. The molecule has 1 unspecified atom stereocenters. The highest BCUT2D eigenvalue weighted by molar-refractivity contribution is 7.99. The van der Waals surface area contributed by atoms with Gasteiger partial charge in [0.2, 0.25) is 0 Å². The van der Waals surface area contributed by atoms with Crippen molar-refractivity contribution in [2.75, 3.05) is 19.5 Å². The van der Waals surface area contributed by atoms with E-state index >= 15 is 0 Å². The van der Waals surface area contributed by atoms with E-state index in [2.05, 4.69) is 50.2 Å². The van der Waals surface area contributed by atoms with Crippen LogP contribution in [0, 0.1) is 0 Å². The van der Waals surface area contributed by atoms with Crippen LogP contribution in [0.2, 0.25) is 0 Å². The zero-order valence-corrected chi connectivity index (χ0v) is 14.3. The van der Waals surface area contributed by atoms with E-state index in [1.807, 2.05) is 18.2 Å². The number of hydrogen-bond acceptors (Lipinski definition) is 3. The molecule has 0 saturated carbocycles. The van der Waals surface area contributed by atoms with Gasteiger partial charge >= 0.3 is 0 Å². The van der Waals surface area contributed by atoms with Gasteiger partial charge in [-0.25, -0.2) is 0 Å². The largest absolute Gasteiger partial charge is 0.491 e. The molecule has 0 spiro atoms. The molecule has 118 valence electrons. The topological polar surface area (TPSA) is 18.5 Å². The van der Waals surface area contributed by atoms with Gasteiger partial charge in [-0.15, -0.1) is 11.8 Å².